The number of hydrogen-bond acceptors (Lipinski definition) is 4. The maximum absolute atomic E-state index is 11.4. The van der Waals surface area contributed by atoms with Crippen LogP contribution in [0.3, 0.4) is 0 Å². The summed E-state index contributed by atoms with van der Waals surface area (Å²) < 4.78 is 24.8. The zero-order valence-electron chi connectivity index (χ0n) is 10.8. The van der Waals surface area contributed by atoms with Crippen molar-refractivity contribution in [3.63, 3.8) is 0 Å². The highest BCUT2D eigenvalue weighted by Crippen LogP contribution is 2.15. The first-order valence-electron chi connectivity index (χ1n) is 6.39. The predicted molar refractivity (Wildman–Crippen MR) is 74.6 cm³/mol. The molecule has 1 fully saturated rings. The number of rotatable bonds is 3. The van der Waals surface area contributed by atoms with Crippen molar-refractivity contribution in [2.75, 3.05) is 11.5 Å². The molecule has 102 valence electrons. The number of sulfone groups is 1. The zero-order valence-corrected chi connectivity index (χ0v) is 11.7. The second-order valence-corrected chi connectivity index (χ2v) is 7.29. The Kier molecular flexibility index (Phi) is 3.06. The average Bonchev–Trinajstić information content (AvgIpc) is 2.88. The van der Waals surface area contributed by atoms with Crippen molar-refractivity contribution in [2.45, 2.75) is 19.0 Å². The number of aromatic nitrogens is 2. The van der Waals surface area contributed by atoms with Gasteiger partial charge in [0.05, 0.1) is 29.1 Å². The summed E-state index contributed by atoms with van der Waals surface area (Å²) in [5, 5.41) is 3.29. The summed E-state index contributed by atoms with van der Waals surface area (Å²) in [6, 6.07) is 8.04. The van der Waals surface area contributed by atoms with Crippen LogP contribution < -0.4 is 5.32 Å². The molecular formula is C13H17N3O2S. The van der Waals surface area contributed by atoms with Gasteiger partial charge in [0.25, 0.3) is 0 Å². The summed E-state index contributed by atoms with van der Waals surface area (Å²) in [7, 11) is -0.840. The monoisotopic (exact) mass is 279 g/mol. The van der Waals surface area contributed by atoms with E-state index in [4.69, 9.17) is 0 Å². The van der Waals surface area contributed by atoms with Gasteiger partial charge < -0.3 is 9.88 Å². The van der Waals surface area contributed by atoms with E-state index in [-0.39, 0.29) is 11.8 Å². The van der Waals surface area contributed by atoms with Crippen LogP contribution in [0.15, 0.2) is 24.3 Å². The maximum atomic E-state index is 11.4. The molecule has 1 aromatic carbocycles. The van der Waals surface area contributed by atoms with E-state index in [0.717, 1.165) is 16.9 Å². The molecule has 0 amide bonds. The molecule has 1 N–H and O–H groups in total. The summed E-state index contributed by atoms with van der Waals surface area (Å²) in [6.07, 6.45) is 0.701. The highest BCUT2D eigenvalue weighted by Gasteiger charge is 2.27. The van der Waals surface area contributed by atoms with Crippen LogP contribution in [0.25, 0.3) is 11.0 Å². The van der Waals surface area contributed by atoms with Gasteiger partial charge in [-0.25, -0.2) is 13.4 Å². The number of benzene rings is 1. The highest BCUT2D eigenvalue weighted by molar-refractivity contribution is 7.91. The molecule has 1 aromatic heterocycles. The molecule has 0 spiro atoms. The molecule has 1 saturated heterocycles. The lowest BCUT2D eigenvalue weighted by Crippen LogP contribution is -2.30. The molecule has 5 nitrogen and oxygen atoms in total. The minimum atomic E-state index is -2.82. The van der Waals surface area contributed by atoms with Gasteiger partial charge in [-0.2, -0.15) is 0 Å². The molecule has 3 rings (SSSR count). The first kappa shape index (κ1) is 12.6. The topological polar surface area (TPSA) is 64.0 Å². The largest absolute Gasteiger partial charge is 0.330 e. The Morgan fingerprint density at radius 2 is 2.21 bits per heavy atom. The average molecular weight is 279 g/mol. The van der Waals surface area contributed by atoms with E-state index < -0.39 is 9.84 Å². The smallest absolute Gasteiger partial charge is 0.151 e. The molecule has 2 heterocycles. The van der Waals surface area contributed by atoms with Crippen LogP contribution in [0.5, 0.6) is 0 Å². The number of imidazole rings is 1. The van der Waals surface area contributed by atoms with Crippen molar-refractivity contribution >= 4 is 20.9 Å². The molecule has 0 radical (unpaired) electrons. The van der Waals surface area contributed by atoms with Gasteiger partial charge >= 0.3 is 0 Å². The van der Waals surface area contributed by atoms with E-state index in [1.807, 2.05) is 35.9 Å². The Morgan fingerprint density at radius 1 is 1.42 bits per heavy atom. The second kappa shape index (κ2) is 4.61. The molecule has 6 heteroatoms. The summed E-state index contributed by atoms with van der Waals surface area (Å²) >= 11 is 0. The third kappa shape index (κ3) is 2.50. The lowest BCUT2D eigenvalue weighted by molar-refractivity contribution is 0.535. The van der Waals surface area contributed by atoms with Gasteiger partial charge in [0.15, 0.2) is 9.84 Å². The van der Waals surface area contributed by atoms with Gasteiger partial charge in [-0.15, -0.1) is 0 Å². The van der Waals surface area contributed by atoms with Crippen LogP contribution in [0.4, 0.5) is 0 Å². The predicted octanol–water partition coefficient (Wildman–Crippen LogP) is 0.850. The van der Waals surface area contributed by atoms with Gasteiger partial charge in [0.1, 0.15) is 5.82 Å². The fourth-order valence-electron chi connectivity index (χ4n) is 2.55. The van der Waals surface area contributed by atoms with E-state index in [9.17, 15) is 8.42 Å². The lowest BCUT2D eigenvalue weighted by atomic mass is 10.2. The van der Waals surface area contributed by atoms with E-state index in [1.54, 1.807) is 0 Å². The molecule has 1 aliphatic heterocycles. The third-order valence-electron chi connectivity index (χ3n) is 3.66. The standard InChI is InChI=1S/C13H17N3O2S/c1-16-12-5-3-2-4-11(12)15-13(16)8-14-10-6-7-19(17,18)9-10/h2-5,10,14H,6-9H2,1H3/t10-/m1/s1. The number of aryl methyl sites for hydroxylation is 1. The van der Waals surface area contributed by atoms with E-state index in [1.165, 1.54) is 0 Å². The Labute approximate surface area is 112 Å². The molecule has 1 aliphatic rings. The fraction of sp³-hybridized carbons (Fsp3) is 0.462. The molecule has 1 atom stereocenters. The summed E-state index contributed by atoms with van der Waals surface area (Å²) in [5.74, 6) is 1.48. The first-order chi connectivity index (χ1) is 9.05. The van der Waals surface area contributed by atoms with Crippen molar-refractivity contribution in [1.29, 1.82) is 0 Å². The Morgan fingerprint density at radius 3 is 2.89 bits per heavy atom. The molecule has 2 aromatic rings. The van der Waals surface area contributed by atoms with Gasteiger partial charge in [-0.3, -0.25) is 0 Å². The van der Waals surface area contributed by atoms with Crippen molar-refractivity contribution < 1.29 is 8.42 Å². The quantitative estimate of drug-likeness (QED) is 0.904. The first-order valence-corrected chi connectivity index (χ1v) is 8.21. The summed E-state index contributed by atoms with van der Waals surface area (Å²) in [5.41, 5.74) is 2.07. The second-order valence-electron chi connectivity index (χ2n) is 5.06. The zero-order chi connectivity index (χ0) is 13.5. The minimum Gasteiger partial charge on any atom is -0.330 e. The van der Waals surface area contributed by atoms with Crippen LogP contribution in [-0.2, 0) is 23.4 Å². The molecule has 0 unspecified atom stereocenters. The molecule has 0 saturated carbocycles. The van der Waals surface area contributed by atoms with Crippen LogP contribution in [0, 0.1) is 0 Å². The fourth-order valence-corrected chi connectivity index (χ4v) is 4.25. The SMILES string of the molecule is Cn1c(CN[C@@H]2CCS(=O)(=O)C2)nc2ccccc21. The van der Waals surface area contributed by atoms with Gasteiger partial charge in [-0.05, 0) is 18.6 Å². The summed E-state index contributed by atoms with van der Waals surface area (Å²) in [6.45, 7) is 0.603. The van der Waals surface area contributed by atoms with Gasteiger partial charge in [-0.1, -0.05) is 12.1 Å². The van der Waals surface area contributed by atoms with Crippen LogP contribution >= 0.6 is 0 Å². The van der Waals surface area contributed by atoms with Gasteiger partial charge in [0, 0.05) is 13.1 Å². The number of para-hydroxylation sites is 2. The van der Waals surface area contributed by atoms with Crippen molar-refractivity contribution in [3.05, 3.63) is 30.1 Å². The summed E-state index contributed by atoms with van der Waals surface area (Å²) in [4.78, 5) is 4.56. The normalized spacial score (nSPS) is 22.1. The van der Waals surface area contributed by atoms with Crippen LogP contribution in [0.2, 0.25) is 0 Å². The Bertz CT molecular complexity index is 706. The number of nitrogens with zero attached hydrogens (tertiary/aromatic N) is 2. The molecular weight excluding hydrogens is 262 g/mol. The van der Waals surface area contributed by atoms with E-state index in [2.05, 4.69) is 10.3 Å². The minimum absolute atomic E-state index is 0.0600. The van der Waals surface area contributed by atoms with E-state index >= 15 is 0 Å². The van der Waals surface area contributed by atoms with Gasteiger partial charge in [0.2, 0.25) is 0 Å². The van der Waals surface area contributed by atoms with E-state index in [0.29, 0.717) is 18.7 Å². The number of hydrogen-bond donors (Lipinski definition) is 1. The van der Waals surface area contributed by atoms with Crippen molar-refractivity contribution in [3.8, 4) is 0 Å². The Balaban J connectivity index is 1.74. The molecule has 0 aliphatic carbocycles. The lowest BCUT2D eigenvalue weighted by Gasteiger charge is -2.10. The van der Waals surface area contributed by atoms with Crippen LogP contribution in [0.1, 0.15) is 12.2 Å². The maximum Gasteiger partial charge on any atom is 0.151 e. The van der Waals surface area contributed by atoms with Crippen LogP contribution in [-0.4, -0.2) is 35.5 Å². The highest BCUT2D eigenvalue weighted by atomic mass is 32.2. The third-order valence-corrected chi connectivity index (χ3v) is 5.43. The van der Waals surface area contributed by atoms with Crippen molar-refractivity contribution in [1.82, 2.24) is 14.9 Å². The number of nitrogens with one attached hydrogen (secondary N) is 1. The van der Waals surface area contributed by atoms with Crippen molar-refractivity contribution in [2.24, 2.45) is 7.05 Å². The molecule has 19 heavy (non-hydrogen) atoms. The Hall–Kier alpha value is -1.40. The number of fused-ring (bicyclic) bond motifs is 1. The molecule has 0 bridgehead atoms.